The summed E-state index contributed by atoms with van der Waals surface area (Å²) in [7, 11) is 0. The number of hydrogen-bond donors (Lipinski definition) is 0. The van der Waals surface area contributed by atoms with Crippen LogP contribution in [-0.2, 0) is 0 Å². The number of rotatable bonds is 74. The fourth-order valence-electron chi connectivity index (χ4n) is 21.3. The van der Waals surface area contributed by atoms with Crippen molar-refractivity contribution in [3.8, 4) is 89.0 Å². The van der Waals surface area contributed by atoms with Crippen molar-refractivity contribution < 1.29 is 0 Å². The molecule has 0 N–H and O–H groups in total. The fourth-order valence-corrected chi connectivity index (χ4v) is 21.8. The number of hydrogen-bond acceptors (Lipinski definition) is 0. The Hall–Kier alpha value is -6.06. The summed E-state index contributed by atoms with van der Waals surface area (Å²) in [6, 6.07) is 81.8. The molecule has 0 radical (unpaired) electrons. The van der Waals surface area contributed by atoms with E-state index in [4.69, 9.17) is 0 Å². The van der Waals surface area contributed by atoms with Crippen LogP contribution in [0.3, 0.4) is 0 Å². The first-order valence-corrected chi connectivity index (χ1v) is 56.1. The molecule has 0 spiro atoms. The zero-order valence-electron chi connectivity index (χ0n) is 82.5. The molecular formula is C126H180Br2. The Balaban J connectivity index is 1.26. The van der Waals surface area contributed by atoms with Gasteiger partial charge in [0.05, 0.1) is 0 Å². The highest BCUT2D eigenvalue weighted by Crippen LogP contribution is 2.57. The first-order chi connectivity index (χ1) is 63.2. The van der Waals surface area contributed by atoms with Gasteiger partial charge in [0.25, 0.3) is 0 Å². The zero-order valence-corrected chi connectivity index (χ0v) is 85.7. The first kappa shape index (κ1) is 106. The highest BCUT2D eigenvalue weighted by Gasteiger charge is 2.31. The van der Waals surface area contributed by atoms with E-state index >= 15 is 0 Å². The third-order valence-corrected chi connectivity index (χ3v) is 30.1. The molecular weight excluding hydrogens is 1670 g/mol. The third kappa shape index (κ3) is 39.2. The monoisotopic (exact) mass is 1850 g/mol. The molecule has 9 aromatic carbocycles. The molecule has 698 valence electrons. The smallest absolute Gasteiger partial charge is 0.0175 e. The zero-order chi connectivity index (χ0) is 89.7. The van der Waals surface area contributed by atoms with Gasteiger partial charge in [0.2, 0.25) is 0 Å². The molecule has 128 heavy (non-hydrogen) atoms. The van der Waals surface area contributed by atoms with Gasteiger partial charge in [-0.05, 0) is 186 Å². The van der Waals surface area contributed by atoms with Crippen molar-refractivity contribution >= 4 is 31.9 Å². The molecule has 0 aliphatic rings. The molecule has 0 saturated carbocycles. The van der Waals surface area contributed by atoms with E-state index in [0.29, 0.717) is 11.8 Å². The van der Waals surface area contributed by atoms with E-state index in [-0.39, 0.29) is 0 Å². The van der Waals surface area contributed by atoms with Crippen LogP contribution in [-0.4, -0.2) is 0 Å². The van der Waals surface area contributed by atoms with E-state index in [2.05, 4.69) is 280 Å². The highest BCUT2D eigenvalue weighted by atomic mass is 79.9. The Morgan fingerprint density at radius 3 is 0.586 bits per heavy atom. The lowest BCUT2D eigenvalue weighted by molar-refractivity contribution is 0.342. The standard InChI is InChI=1S/C126H180Br2/c1-7-13-19-25-31-37-41-45-51-59-71-103(69-57-49-43-35-29-23-17-11-5)99-113(77-61-53-47-39-33-27-21-15-9-3)107-83-87-109(88-84-107)121-122(110-89-85-108(86-90-110)114(78-62-54-48-40-34-28-22-16-10-4)100-104(70-58-50-44-36-30-24-18-12-6)72-60-52-46-42-38-32-26-20-14-8-2)126(118-82-68-80-116(102-118)106-75-65-56-66-76-106)124(112-93-97-120(128)98-94-112)123(111-91-95-119(127)96-92-111)125(121)117-81-67-79-115(101-117)105-73-63-55-64-74-105/h55-56,63-68,73-76,79-98,101-104,113-114H,7-54,57-62,69-72,77-78,99-100H2,1-6H3. The van der Waals surface area contributed by atoms with E-state index in [0.717, 1.165) is 20.8 Å². The van der Waals surface area contributed by atoms with Crippen molar-refractivity contribution in [2.75, 3.05) is 0 Å². The average Bonchev–Trinajstić information content (AvgIpc) is 0.712. The molecule has 0 aromatic heterocycles. The maximum absolute atomic E-state index is 4.00. The van der Waals surface area contributed by atoms with Crippen LogP contribution in [0.5, 0.6) is 0 Å². The Labute approximate surface area is 804 Å². The van der Waals surface area contributed by atoms with E-state index in [1.165, 1.54) is 487 Å². The van der Waals surface area contributed by atoms with Crippen molar-refractivity contribution in [1.29, 1.82) is 0 Å². The van der Waals surface area contributed by atoms with Crippen molar-refractivity contribution in [3.05, 3.63) is 226 Å². The molecule has 4 atom stereocenters. The van der Waals surface area contributed by atoms with Crippen LogP contribution in [0.25, 0.3) is 89.0 Å². The number of unbranched alkanes of at least 4 members (excludes halogenated alkanes) is 48. The predicted molar refractivity (Wildman–Crippen MR) is 578 cm³/mol. The molecule has 2 heteroatoms. The number of benzene rings is 9. The van der Waals surface area contributed by atoms with Gasteiger partial charge in [0.1, 0.15) is 0 Å². The molecule has 0 fully saturated rings. The Kier molecular flexibility index (Phi) is 54.7. The third-order valence-electron chi connectivity index (χ3n) is 29.0. The van der Waals surface area contributed by atoms with E-state index in [9.17, 15) is 0 Å². The molecule has 4 unspecified atom stereocenters. The largest absolute Gasteiger partial charge is 0.0654 e. The second-order valence-electron chi connectivity index (χ2n) is 39.7. The lowest BCUT2D eigenvalue weighted by Gasteiger charge is -2.30. The van der Waals surface area contributed by atoms with Crippen molar-refractivity contribution in [2.24, 2.45) is 11.8 Å². The summed E-state index contributed by atoms with van der Waals surface area (Å²) in [5.41, 5.74) is 23.2. The summed E-state index contributed by atoms with van der Waals surface area (Å²) < 4.78 is 2.16. The molecule has 0 amide bonds. The van der Waals surface area contributed by atoms with Crippen molar-refractivity contribution in [2.45, 2.75) is 451 Å². The second kappa shape index (κ2) is 66.3. The molecule has 9 aromatic rings. The highest BCUT2D eigenvalue weighted by molar-refractivity contribution is 9.10. The molecule has 0 heterocycles. The predicted octanol–water partition coefficient (Wildman–Crippen LogP) is 44.3. The summed E-state index contributed by atoms with van der Waals surface area (Å²) in [5, 5.41) is 0. The maximum atomic E-state index is 4.00. The molecule has 0 bridgehead atoms. The summed E-state index contributed by atoms with van der Waals surface area (Å²) in [6.07, 6.45) is 85.4. The topological polar surface area (TPSA) is 0 Å². The summed E-state index contributed by atoms with van der Waals surface area (Å²) >= 11 is 8.01. The Morgan fingerprint density at radius 2 is 0.352 bits per heavy atom. The molecule has 0 aliphatic carbocycles. The van der Waals surface area contributed by atoms with E-state index < -0.39 is 0 Å². The maximum Gasteiger partial charge on any atom is 0.0175 e. The van der Waals surface area contributed by atoms with Gasteiger partial charge in [-0.15, -0.1) is 0 Å². The van der Waals surface area contributed by atoms with Crippen LogP contribution in [0.1, 0.15) is 463 Å². The lowest BCUT2D eigenvalue weighted by atomic mass is 9.73. The van der Waals surface area contributed by atoms with Crippen LogP contribution in [0.4, 0.5) is 0 Å². The molecule has 0 nitrogen and oxygen atoms in total. The average molecular weight is 1850 g/mol. The van der Waals surface area contributed by atoms with Gasteiger partial charge in [-0.2, -0.15) is 0 Å². The summed E-state index contributed by atoms with van der Waals surface area (Å²) in [5.74, 6) is 2.51. The summed E-state index contributed by atoms with van der Waals surface area (Å²) in [4.78, 5) is 0. The van der Waals surface area contributed by atoms with Crippen LogP contribution in [0.2, 0.25) is 0 Å². The Bertz CT molecular complexity index is 3960. The molecule has 0 aliphatic heterocycles. The first-order valence-electron chi connectivity index (χ1n) is 54.5. The second-order valence-corrected chi connectivity index (χ2v) is 41.5. The van der Waals surface area contributed by atoms with Gasteiger partial charge in [0, 0.05) is 8.95 Å². The lowest BCUT2D eigenvalue weighted by Crippen LogP contribution is -2.10. The van der Waals surface area contributed by atoms with Gasteiger partial charge in [-0.3, -0.25) is 0 Å². The van der Waals surface area contributed by atoms with Gasteiger partial charge < -0.3 is 0 Å². The van der Waals surface area contributed by atoms with Crippen LogP contribution in [0, 0.1) is 11.8 Å². The number of halogens is 2. The fraction of sp³-hybridized carbons (Fsp3) is 0.571. The molecule has 9 rings (SSSR count). The minimum atomic E-state index is 0.512. The van der Waals surface area contributed by atoms with Gasteiger partial charge >= 0.3 is 0 Å². The van der Waals surface area contributed by atoms with E-state index in [1.54, 1.807) is 11.1 Å². The van der Waals surface area contributed by atoms with Crippen molar-refractivity contribution in [3.63, 3.8) is 0 Å². The minimum absolute atomic E-state index is 0.512. The van der Waals surface area contributed by atoms with Crippen LogP contribution in [0.15, 0.2) is 215 Å². The van der Waals surface area contributed by atoms with E-state index in [1.807, 2.05) is 0 Å². The quantitative estimate of drug-likeness (QED) is 0.0333. The SMILES string of the molecule is CCCCCCCCCCCCC(CCCCCCCCCC)CC(CCCCCCCCCCC)c1ccc(-c2c(-c3ccc(C(CCCCCCCCCCC)CC(CCCCCCCCCC)CCCCCCCCCCCC)cc3)c(-c3cccc(-c4ccccc4)c3)c(-c3ccc(Br)cc3)c(-c3ccc(Br)cc3)c2-c2cccc(-c3ccccc3)c2)cc1. The van der Waals surface area contributed by atoms with Crippen LogP contribution >= 0.6 is 31.9 Å². The summed E-state index contributed by atoms with van der Waals surface area (Å²) in [6.45, 7) is 14.1. The minimum Gasteiger partial charge on any atom is -0.0654 e. The Morgan fingerprint density at radius 1 is 0.164 bits per heavy atom. The van der Waals surface area contributed by atoms with Gasteiger partial charge in [-0.25, -0.2) is 0 Å². The van der Waals surface area contributed by atoms with Crippen molar-refractivity contribution in [1.82, 2.24) is 0 Å². The van der Waals surface area contributed by atoms with Crippen LogP contribution < -0.4 is 0 Å². The van der Waals surface area contributed by atoms with Gasteiger partial charge in [0.15, 0.2) is 0 Å². The normalized spacial score (nSPS) is 12.6. The van der Waals surface area contributed by atoms with Gasteiger partial charge in [-0.1, -0.05) is 616 Å². The molecule has 0 saturated heterocycles.